The maximum absolute atomic E-state index is 4.71. The highest BCUT2D eigenvalue weighted by Gasteiger charge is 2.12. The molecule has 0 aliphatic carbocycles. The molecule has 3 aromatic rings. The molecule has 0 N–H and O–H groups in total. The molecule has 0 aliphatic rings. The molecule has 3 rings (SSSR count). The Labute approximate surface area is 131 Å². The van der Waals surface area contributed by atoms with Crippen molar-refractivity contribution in [3.63, 3.8) is 0 Å². The number of nitrogens with zero attached hydrogens (tertiary/aromatic N) is 1. The largest absolute Gasteiger partial charge is 0.241 e. The van der Waals surface area contributed by atoms with Gasteiger partial charge in [-0.3, -0.25) is 0 Å². The molecule has 1 atom stereocenters. The van der Waals surface area contributed by atoms with Crippen molar-refractivity contribution in [3.8, 4) is 0 Å². The van der Waals surface area contributed by atoms with E-state index in [1.54, 1.807) is 11.3 Å². The average molecular weight is 346 g/mol. The van der Waals surface area contributed by atoms with Gasteiger partial charge in [-0.25, -0.2) is 4.98 Å². The van der Waals surface area contributed by atoms with Crippen LogP contribution in [0.5, 0.6) is 0 Å². The number of aromatic nitrogens is 1. The van der Waals surface area contributed by atoms with Crippen LogP contribution in [0.3, 0.4) is 0 Å². The Morgan fingerprint density at radius 1 is 1.10 bits per heavy atom. The molecule has 20 heavy (non-hydrogen) atoms. The number of alkyl halides is 1. The summed E-state index contributed by atoms with van der Waals surface area (Å²) in [6, 6.07) is 15.0. The number of halogens is 1. The van der Waals surface area contributed by atoms with Gasteiger partial charge < -0.3 is 0 Å². The minimum atomic E-state index is 0.321. The standard InChI is InChI=1S/C17H16BrNS/c1-11-7-12(2)9-13(8-11)14(18)10-17-19-15-5-3-4-6-16(15)20-17/h3-9,14H,10H2,1-2H3. The minimum absolute atomic E-state index is 0.321. The predicted molar refractivity (Wildman–Crippen MR) is 90.9 cm³/mol. The summed E-state index contributed by atoms with van der Waals surface area (Å²) in [6.07, 6.45) is 0.933. The molecule has 2 aromatic carbocycles. The van der Waals surface area contributed by atoms with Crippen molar-refractivity contribution in [2.24, 2.45) is 0 Å². The Balaban J connectivity index is 1.86. The van der Waals surface area contributed by atoms with E-state index in [-0.39, 0.29) is 0 Å². The first-order chi connectivity index (χ1) is 9.61. The molecule has 0 spiro atoms. The molecule has 0 amide bonds. The average Bonchev–Trinajstić information content (AvgIpc) is 2.79. The Bertz CT molecular complexity index is 694. The van der Waals surface area contributed by atoms with Crippen LogP contribution >= 0.6 is 27.3 Å². The Kier molecular flexibility index (Phi) is 3.90. The van der Waals surface area contributed by atoms with Crippen LogP contribution in [-0.2, 0) is 6.42 Å². The third-order valence-corrected chi connectivity index (χ3v) is 5.21. The number of hydrogen-bond acceptors (Lipinski definition) is 2. The summed E-state index contributed by atoms with van der Waals surface area (Å²) in [5.74, 6) is 0. The molecule has 0 aliphatic heterocycles. The maximum Gasteiger partial charge on any atom is 0.0953 e. The van der Waals surface area contributed by atoms with Gasteiger partial charge in [-0.2, -0.15) is 0 Å². The third kappa shape index (κ3) is 2.94. The first-order valence-corrected chi connectivity index (χ1v) is 8.42. The van der Waals surface area contributed by atoms with E-state index in [2.05, 4.69) is 66.2 Å². The second-order valence-corrected chi connectivity index (χ2v) is 7.39. The van der Waals surface area contributed by atoms with Gasteiger partial charge in [0.25, 0.3) is 0 Å². The number of aryl methyl sites for hydroxylation is 2. The minimum Gasteiger partial charge on any atom is -0.241 e. The van der Waals surface area contributed by atoms with Crippen LogP contribution in [0.25, 0.3) is 10.2 Å². The van der Waals surface area contributed by atoms with Crippen LogP contribution in [0, 0.1) is 13.8 Å². The van der Waals surface area contributed by atoms with Crippen LogP contribution in [-0.4, -0.2) is 4.98 Å². The van der Waals surface area contributed by atoms with Gasteiger partial charge in [0.15, 0.2) is 0 Å². The number of thiazole rings is 1. The second-order valence-electron chi connectivity index (χ2n) is 5.17. The molecule has 3 heteroatoms. The van der Waals surface area contributed by atoms with Crippen molar-refractivity contribution < 1.29 is 0 Å². The van der Waals surface area contributed by atoms with Crippen molar-refractivity contribution in [1.82, 2.24) is 4.98 Å². The van der Waals surface area contributed by atoms with Crippen LogP contribution < -0.4 is 0 Å². The summed E-state index contributed by atoms with van der Waals surface area (Å²) >= 11 is 5.60. The molecule has 0 radical (unpaired) electrons. The van der Waals surface area contributed by atoms with Gasteiger partial charge in [-0.15, -0.1) is 11.3 Å². The molecule has 0 fully saturated rings. The maximum atomic E-state index is 4.71. The molecule has 0 saturated carbocycles. The lowest BCUT2D eigenvalue weighted by atomic mass is 10.0. The lowest BCUT2D eigenvalue weighted by Gasteiger charge is -2.10. The van der Waals surface area contributed by atoms with E-state index < -0.39 is 0 Å². The molecule has 1 heterocycles. The Hall–Kier alpha value is -1.19. The number of hydrogen-bond donors (Lipinski definition) is 0. The van der Waals surface area contributed by atoms with Crippen molar-refractivity contribution in [1.29, 1.82) is 0 Å². The first-order valence-electron chi connectivity index (χ1n) is 6.68. The molecule has 102 valence electrons. The summed E-state index contributed by atoms with van der Waals surface area (Å²) in [5, 5.41) is 1.19. The molecular weight excluding hydrogens is 330 g/mol. The van der Waals surface area contributed by atoms with E-state index in [1.165, 1.54) is 26.4 Å². The van der Waals surface area contributed by atoms with E-state index in [0.29, 0.717) is 4.83 Å². The molecule has 0 saturated heterocycles. The zero-order valence-electron chi connectivity index (χ0n) is 11.6. The number of rotatable bonds is 3. The van der Waals surface area contributed by atoms with E-state index in [4.69, 9.17) is 4.98 Å². The smallest absolute Gasteiger partial charge is 0.0953 e. The highest BCUT2D eigenvalue weighted by molar-refractivity contribution is 9.09. The fourth-order valence-corrected chi connectivity index (χ4v) is 4.27. The first kappa shape index (κ1) is 13.8. The van der Waals surface area contributed by atoms with Crippen molar-refractivity contribution >= 4 is 37.5 Å². The Morgan fingerprint density at radius 2 is 1.80 bits per heavy atom. The lowest BCUT2D eigenvalue weighted by Crippen LogP contribution is -1.96. The van der Waals surface area contributed by atoms with Gasteiger partial charge in [-0.1, -0.05) is 57.4 Å². The fourth-order valence-electron chi connectivity index (χ4n) is 2.47. The van der Waals surface area contributed by atoms with Gasteiger partial charge >= 0.3 is 0 Å². The highest BCUT2D eigenvalue weighted by Crippen LogP contribution is 2.31. The molecule has 1 nitrogen and oxygen atoms in total. The van der Waals surface area contributed by atoms with Crippen molar-refractivity contribution in [2.75, 3.05) is 0 Å². The van der Waals surface area contributed by atoms with Gasteiger partial charge in [0, 0.05) is 11.2 Å². The predicted octanol–water partition coefficient (Wildman–Crippen LogP) is 5.59. The fraction of sp³-hybridized carbons (Fsp3) is 0.235. The van der Waals surface area contributed by atoms with Crippen molar-refractivity contribution in [2.45, 2.75) is 25.1 Å². The van der Waals surface area contributed by atoms with E-state index in [1.807, 2.05) is 6.07 Å². The topological polar surface area (TPSA) is 12.9 Å². The normalized spacial score (nSPS) is 12.8. The summed E-state index contributed by atoms with van der Waals surface area (Å²) in [7, 11) is 0. The van der Waals surface area contributed by atoms with Gasteiger partial charge in [0.2, 0.25) is 0 Å². The van der Waals surface area contributed by atoms with E-state index >= 15 is 0 Å². The number of fused-ring (bicyclic) bond motifs is 1. The summed E-state index contributed by atoms with van der Waals surface area (Å²) in [6.45, 7) is 4.29. The summed E-state index contributed by atoms with van der Waals surface area (Å²) in [5.41, 5.74) is 5.07. The zero-order chi connectivity index (χ0) is 14.1. The molecule has 0 bridgehead atoms. The number of para-hydroxylation sites is 1. The second kappa shape index (κ2) is 5.66. The molecule has 1 unspecified atom stereocenters. The molecular formula is C17H16BrNS. The summed E-state index contributed by atoms with van der Waals surface area (Å²) in [4.78, 5) is 5.03. The third-order valence-electron chi connectivity index (χ3n) is 3.30. The van der Waals surface area contributed by atoms with Crippen LogP contribution in [0.1, 0.15) is 26.5 Å². The lowest BCUT2D eigenvalue weighted by molar-refractivity contribution is 0.934. The van der Waals surface area contributed by atoms with Gasteiger partial charge in [0.05, 0.1) is 15.2 Å². The van der Waals surface area contributed by atoms with Gasteiger partial charge in [-0.05, 0) is 31.5 Å². The summed E-state index contributed by atoms with van der Waals surface area (Å²) < 4.78 is 1.27. The van der Waals surface area contributed by atoms with Crippen LogP contribution in [0.2, 0.25) is 0 Å². The number of benzene rings is 2. The monoisotopic (exact) mass is 345 g/mol. The van der Waals surface area contributed by atoms with E-state index in [9.17, 15) is 0 Å². The zero-order valence-corrected chi connectivity index (χ0v) is 14.0. The van der Waals surface area contributed by atoms with Gasteiger partial charge in [0.1, 0.15) is 0 Å². The SMILES string of the molecule is Cc1cc(C)cc(C(Br)Cc2nc3ccccc3s2)c1. The quantitative estimate of drug-likeness (QED) is 0.563. The molecule has 1 aromatic heterocycles. The van der Waals surface area contributed by atoms with Crippen LogP contribution in [0.15, 0.2) is 42.5 Å². The van der Waals surface area contributed by atoms with Crippen molar-refractivity contribution in [3.05, 3.63) is 64.2 Å². The van der Waals surface area contributed by atoms with Crippen LogP contribution in [0.4, 0.5) is 0 Å². The van der Waals surface area contributed by atoms with E-state index in [0.717, 1.165) is 11.9 Å². The Morgan fingerprint density at radius 3 is 2.50 bits per heavy atom. The highest BCUT2D eigenvalue weighted by atomic mass is 79.9.